The van der Waals surface area contributed by atoms with Crippen LogP contribution in [0.15, 0.2) is 54.6 Å². The van der Waals surface area contributed by atoms with Gasteiger partial charge in [0.05, 0.1) is 13.5 Å². The molecular formula is C21H23NO4. The van der Waals surface area contributed by atoms with Gasteiger partial charge in [-0.25, -0.2) is 0 Å². The molecule has 26 heavy (non-hydrogen) atoms. The highest BCUT2D eigenvalue weighted by Gasteiger charge is 2.31. The van der Waals surface area contributed by atoms with Crippen LogP contribution in [0.3, 0.4) is 0 Å². The zero-order chi connectivity index (χ0) is 18.4. The number of amides is 1. The summed E-state index contributed by atoms with van der Waals surface area (Å²) in [6, 6.07) is 17.2. The van der Waals surface area contributed by atoms with Gasteiger partial charge in [-0.1, -0.05) is 42.5 Å². The van der Waals surface area contributed by atoms with E-state index in [0.717, 1.165) is 23.3 Å². The first-order chi connectivity index (χ1) is 12.7. The van der Waals surface area contributed by atoms with Gasteiger partial charge in [-0.15, -0.1) is 0 Å². The molecule has 0 aliphatic carbocycles. The van der Waals surface area contributed by atoms with Crippen LogP contribution >= 0.6 is 0 Å². The van der Waals surface area contributed by atoms with E-state index in [4.69, 9.17) is 9.47 Å². The molecule has 3 rings (SSSR count). The zero-order valence-corrected chi connectivity index (χ0v) is 14.8. The molecule has 0 radical (unpaired) electrons. The van der Waals surface area contributed by atoms with E-state index in [9.17, 15) is 9.59 Å². The van der Waals surface area contributed by atoms with E-state index in [1.165, 1.54) is 0 Å². The van der Waals surface area contributed by atoms with Crippen LogP contribution in [-0.4, -0.2) is 25.0 Å². The Bertz CT molecular complexity index is 742. The Hall–Kier alpha value is -2.82. The topological polar surface area (TPSA) is 64.6 Å². The predicted molar refractivity (Wildman–Crippen MR) is 97.8 cm³/mol. The normalized spacial score (nSPS) is 17.4. The van der Waals surface area contributed by atoms with Gasteiger partial charge in [-0.05, 0) is 29.7 Å². The van der Waals surface area contributed by atoms with E-state index in [2.05, 4.69) is 5.32 Å². The van der Waals surface area contributed by atoms with Crippen LogP contribution in [0.1, 0.15) is 36.3 Å². The summed E-state index contributed by atoms with van der Waals surface area (Å²) in [4.78, 5) is 24.0. The molecule has 2 aromatic carbocycles. The van der Waals surface area contributed by atoms with Gasteiger partial charge in [0, 0.05) is 18.4 Å². The standard InChI is InChI=1S/C21H23NO4/c1-25-17-9-7-16(8-10-17)18(19-11-12-20(23)22-19)13-21(24)26-14-15-5-3-2-4-6-15/h2-10,18-19H,11-14H2,1H3,(H,22,23). The Kier molecular flexibility index (Phi) is 5.89. The fraction of sp³-hybridized carbons (Fsp3) is 0.333. The molecule has 2 unspecified atom stereocenters. The lowest BCUT2D eigenvalue weighted by Gasteiger charge is -2.23. The molecule has 136 valence electrons. The van der Waals surface area contributed by atoms with Gasteiger partial charge >= 0.3 is 5.97 Å². The van der Waals surface area contributed by atoms with E-state index in [-0.39, 0.29) is 36.9 Å². The number of methoxy groups -OCH3 is 1. The van der Waals surface area contributed by atoms with E-state index < -0.39 is 0 Å². The predicted octanol–water partition coefficient (Wildman–Crippen LogP) is 3.19. The Morgan fingerprint density at radius 1 is 1.15 bits per heavy atom. The van der Waals surface area contributed by atoms with E-state index in [1.807, 2.05) is 54.6 Å². The summed E-state index contributed by atoms with van der Waals surface area (Å²) in [5.74, 6) is 0.409. The van der Waals surface area contributed by atoms with Crippen molar-refractivity contribution in [1.29, 1.82) is 0 Å². The average Bonchev–Trinajstić information content (AvgIpc) is 3.11. The maximum atomic E-state index is 12.4. The molecular weight excluding hydrogens is 330 g/mol. The summed E-state index contributed by atoms with van der Waals surface area (Å²) >= 11 is 0. The van der Waals surface area contributed by atoms with Crippen molar-refractivity contribution in [1.82, 2.24) is 5.32 Å². The Morgan fingerprint density at radius 3 is 2.50 bits per heavy atom. The lowest BCUT2D eigenvalue weighted by molar-refractivity contribution is -0.145. The Labute approximate surface area is 153 Å². The second kappa shape index (κ2) is 8.52. The minimum atomic E-state index is -0.268. The van der Waals surface area contributed by atoms with Crippen LogP contribution in [0.25, 0.3) is 0 Å². The summed E-state index contributed by atoms with van der Waals surface area (Å²) in [6.07, 6.45) is 1.45. The summed E-state index contributed by atoms with van der Waals surface area (Å²) in [5, 5.41) is 2.98. The first-order valence-corrected chi connectivity index (χ1v) is 8.78. The van der Waals surface area contributed by atoms with Crippen molar-refractivity contribution in [2.75, 3.05) is 7.11 Å². The number of esters is 1. The molecule has 0 bridgehead atoms. The number of rotatable bonds is 7. The highest BCUT2D eigenvalue weighted by molar-refractivity contribution is 5.79. The van der Waals surface area contributed by atoms with Gasteiger partial charge in [-0.3, -0.25) is 9.59 Å². The minimum Gasteiger partial charge on any atom is -0.497 e. The molecule has 5 nitrogen and oxygen atoms in total. The van der Waals surface area contributed by atoms with Crippen LogP contribution in [-0.2, 0) is 20.9 Å². The van der Waals surface area contributed by atoms with Gasteiger partial charge in [0.25, 0.3) is 0 Å². The van der Waals surface area contributed by atoms with Gasteiger partial charge in [0.2, 0.25) is 5.91 Å². The second-order valence-corrected chi connectivity index (χ2v) is 6.44. The summed E-state index contributed by atoms with van der Waals surface area (Å²) in [5.41, 5.74) is 1.95. The fourth-order valence-corrected chi connectivity index (χ4v) is 3.26. The maximum absolute atomic E-state index is 12.4. The van der Waals surface area contributed by atoms with Crippen LogP contribution in [0.5, 0.6) is 5.75 Å². The molecule has 1 N–H and O–H groups in total. The molecule has 2 atom stereocenters. The molecule has 0 spiro atoms. The smallest absolute Gasteiger partial charge is 0.306 e. The average molecular weight is 353 g/mol. The van der Waals surface area contributed by atoms with Crippen molar-refractivity contribution < 1.29 is 19.1 Å². The number of carbonyl (C=O) groups excluding carboxylic acids is 2. The molecule has 0 aromatic heterocycles. The van der Waals surface area contributed by atoms with Gasteiger partial charge < -0.3 is 14.8 Å². The Balaban J connectivity index is 1.68. The molecule has 5 heteroatoms. The molecule has 1 fully saturated rings. The summed E-state index contributed by atoms with van der Waals surface area (Å²) in [6.45, 7) is 0.256. The molecule has 1 amide bonds. The van der Waals surface area contributed by atoms with Crippen LogP contribution in [0.2, 0.25) is 0 Å². The molecule has 1 saturated heterocycles. The van der Waals surface area contributed by atoms with Crippen LogP contribution < -0.4 is 10.1 Å². The van der Waals surface area contributed by atoms with Crippen molar-refractivity contribution in [3.8, 4) is 5.75 Å². The SMILES string of the molecule is COc1ccc(C(CC(=O)OCc2ccccc2)C2CCC(=O)N2)cc1. The molecule has 1 heterocycles. The third-order valence-corrected chi connectivity index (χ3v) is 4.69. The van der Waals surface area contributed by atoms with E-state index in [0.29, 0.717) is 6.42 Å². The van der Waals surface area contributed by atoms with Gasteiger partial charge in [-0.2, -0.15) is 0 Å². The zero-order valence-electron chi connectivity index (χ0n) is 14.8. The number of benzene rings is 2. The largest absolute Gasteiger partial charge is 0.497 e. The minimum absolute atomic E-state index is 0.0335. The lowest BCUT2D eigenvalue weighted by atomic mass is 9.87. The third kappa shape index (κ3) is 4.63. The fourth-order valence-electron chi connectivity index (χ4n) is 3.26. The summed E-state index contributed by atoms with van der Waals surface area (Å²) in [7, 11) is 1.62. The maximum Gasteiger partial charge on any atom is 0.306 e. The van der Waals surface area contributed by atoms with Crippen molar-refractivity contribution in [2.45, 2.75) is 37.8 Å². The van der Waals surface area contributed by atoms with Crippen LogP contribution in [0.4, 0.5) is 0 Å². The number of hydrogen-bond donors (Lipinski definition) is 1. The van der Waals surface area contributed by atoms with Crippen molar-refractivity contribution >= 4 is 11.9 Å². The summed E-state index contributed by atoms with van der Waals surface area (Å²) < 4.78 is 10.6. The van der Waals surface area contributed by atoms with Gasteiger partial charge in [0.1, 0.15) is 12.4 Å². The molecule has 2 aromatic rings. The molecule has 1 aliphatic heterocycles. The van der Waals surface area contributed by atoms with Crippen molar-refractivity contribution in [2.24, 2.45) is 0 Å². The van der Waals surface area contributed by atoms with E-state index >= 15 is 0 Å². The van der Waals surface area contributed by atoms with Crippen LogP contribution in [0, 0.1) is 0 Å². The first-order valence-electron chi connectivity index (χ1n) is 8.78. The highest BCUT2D eigenvalue weighted by atomic mass is 16.5. The molecule has 0 saturated carbocycles. The monoisotopic (exact) mass is 353 g/mol. The quantitative estimate of drug-likeness (QED) is 0.777. The Morgan fingerprint density at radius 2 is 1.88 bits per heavy atom. The third-order valence-electron chi connectivity index (χ3n) is 4.69. The van der Waals surface area contributed by atoms with E-state index in [1.54, 1.807) is 7.11 Å². The highest BCUT2D eigenvalue weighted by Crippen LogP contribution is 2.30. The van der Waals surface area contributed by atoms with Crippen molar-refractivity contribution in [3.05, 3.63) is 65.7 Å². The second-order valence-electron chi connectivity index (χ2n) is 6.44. The number of carbonyl (C=O) groups is 2. The molecule has 1 aliphatic rings. The number of nitrogens with one attached hydrogen (secondary N) is 1. The van der Waals surface area contributed by atoms with Crippen molar-refractivity contribution in [3.63, 3.8) is 0 Å². The lowest BCUT2D eigenvalue weighted by Crippen LogP contribution is -2.33. The first kappa shape index (κ1) is 18.0. The number of ether oxygens (including phenoxy) is 2. The number of hydrogen-bond acceptors (Lipinski definition) is 4. The van der Waals surface area contributed by atoms with Gasteiger partial charge in [0.15, 0.2) is 0 Å².